The van der Waals surface area contributed by atoms with Gasteiger partial charge in [0.25, 0.3) is 0 Å². The summed E-state index contributed by atoms with van der Waals surface area (Å²) in [6.45, 7) is 0. The zero-order valence-electron chi connectivity index (χ0n) is 6.27. The van der Waals surface area contributed by atoms with Crippen LogP contribution in [0.5, 0.6) is 0 Å². The van der Waals surface area contributed by atoms with Gasteiger partial charge in [0.15, 0.2) is 0 Å². The molecular weight excluding hydrogens is 205 g/mol. The second kappa shape index (κ2) is 3.38. The molecule has 1 aliphatic rings. The number of hydrogen-bond acceptors (Lipinski definition) is 2. The lowest BCUT2D eigenvalue weighted by molar-refractivity contribution is -0.0609. The van der Waals surface area contributed by atoms with Gasteiger partial charge in [0, 0.05) is 6.42 Å². The summed E-state index contributed by atoms with van der Waals surface area (Å²) in [6.07, 6.45) is -3.71. The predicted octanol–water partition coefficient (Wildman–Crippen LogP) is 2.61. The van der Waals surface area contributed by atoms with Crippen LogP contribution in [0.1, 0.15) is 6.42 Å². The Labute approximate surface area is 77.3 Å². The minimum Gasteiger partial charge on any atom is -0.236 e. The van der Waals surface area contributed by atoms with E-state index in [0.29, 0.717) is 0 Å². The lowest BCUT2D eigenvalue weighted by atomic mass is 10.0. The molecule has 0 amide bonds. The number of alkyl halides is 3. The molecule has 0 fully saturated rings. The van der Waals surface area contributed by atoms with Crippen molar-refractivity contribution in [3.05, 3.63) is 11.2 Å². The highest BCUT2D eigenvalue weighted by molar-refractivity contribution is 6.30. The monoisotopic (exact) mass is 208 g/mol. The highest BCUT2D eigenvalue weighted by atomic mass is 35.5. The average Bonchev–Trinajstić information content (AvgIpc) is 2.01. The normalized spacial score (nSPS) is 23.2. The number of halogens is 4. The number of hydrogen-bond donors (Lipinski definition) is 0. The van der Waals surface area contributed by atoms with E-state index in [-0.39, 0.29) is 5.16 Å². The lowest BCUT2D eigenvalue weighted by Crippen LogP contribution is -2.26. The molecule has 0 aliphatic carbocycles. The van der Waals surface area contributed by atoms with Crippen LogP contribution < -0.4 is 0 Å². The molecule has 6 heteroatoms. The molecule has 0 spiro atoms. The summed E-state index contributed by atoms with van der Waals surface area (Å²) in [4.78, 5) is 3.12. The quantitative estimate of drug-likeness (QED) is 0.564. The molecule has 0 saturated carbocycles. The molecule has 1 unspecified atom stereocenters. The van der Waals surface area contributed by atoms with E-state index in [1.165, 1.54) is 6.08 Å². The van der Waals surface area contributed by atoms with Crippen LogP contribution in [0.25, 0.3) is 0 Å². The molecule has 1 aliphatic heterocycles. The van der Waals surface area contributed by atoms with Crippen molar-refractivity contribution in [2.45, 2.75) is 12.6 Å². The van der Waals surface area contributed by atoms with Gasteiger partial charge in [0.05, 0.1) is 12.0 Å². The van der Waals surface area contributed by atoms with Crippen LogP contribution in [0, 0.1) is 17.2 Å². The van der Waals surface area contributed by atoms with E-state index in [1.54, 1.807) is 6.07 Å². The van der Waals surface area contributed by atoms with E-state index in [9.17, 15) is 13.2 Å². The molecule has 1 atom stereocenters. The van der Waals surface area contributed by atoms with Crippen LogP contribution in [0.3, 0.4) is 0 Å². The number of nitriles is 1. The van der Waals surface area contributed by atoms with Gasteiger partial charge in [-0.25, -0.2) is 4.99 Å². The van der Waals surface area contributed by atoms with E-state index in [4.69, 9.17) is 16.9 Å². The van der Waals surface area contributed by atoms with Crippen molar-refractivity contribution in [1.29, 1.82) is 5.26 Å². The van der Waals surface area contributed by atoms with Crippen molar-refractivity contribution in [3.8, 4) is 6.07 Å². The third-order valence-corrected chi connectivity index (χ3v) is 1.70. The van der Waals surface area contributed by atoms with E-state index in [0.717, 1.165) is 0 Å². The van der Waals surface area contributed by atoms with Crippen molar-refractivity contribution in [3.63, 3.8) is 0 Å². The number of rotatable bonds is 0. The number of nitrogens with zero attached hydrogens (tertiary/aromatic N) is 2. The predicted molar refractivity (Wildman–Crippen MR) is 41.1 cm³/mol. The summed E-state index contributed by atoms with van der Waals surface area (Å²) >= 11 is 5.31. The molecule has 0 aromatic rings. The Hall–Kier alpha value is -1.02. The standard InChI is InChI=1S/C7H4ClF3N2/c8-6-2-4(3-12)1-5(13-6)7(9,10)11/h2,4H,1H2. The topological polar surface area (TPSA) is 36.1 Å². The van der Waals surface area contributed by atoms with Gasteiger partial charge in [-0.3, -0.25) is 0 Å². The third-order valence-electron chi connectivity index (χ3n) is 1.49. The summed E-state index contributed by atoms with van der Waals surface area (Å²) in [6, 6.07) is 1.69. The van der Waals surface area contributed by atoms with E-state index >= 15 is 0 Å². The summed E-state index contributed by atoms with van der Waals surface area (Å²) < 4.78 is 36.3. The number of aliphatic imine (C=N–C) groups is 1. The first kappa shape index (κ1) is 10.1. The molecule has 0 bridgehead atoms. The van der Waals surface area contributed by atoms with E-state index in [1.807, 2.05) is 0 Å². The zero-order chi connectivity index (χ0) is 10.1. The highest BCUT2D eigenvalue weighted by Crippen LogP contribution is 2.28. The van der Waals surface area contributed by atoms with Crippen LogP contribution in [0.15, 0.2) is 16.2 Å². The minimum atomic E-state index is -4.50. The zero-order valence-corrected chi connectivity index (χ0v) is 7.02. The molecule has 1 rings (SSSR count). The fourth-order valence-corrected chi connectivity index (χ4v) is 1.16. The molecule has 1 heterocycles. The Morgan fingerprint density at radius 2 is 2.23 bits per heavy atom. The first-order chi connectivity index (χ1) is 5.93. The fraction of sp³-hybridized carbons (Fsp3) is 0.429. The van der Waals surface area contributed by atoms with Crippen molar-refractivity contribution in [2.24, 2.45) is 10.9 Å². The molecule has 70 valence electrons. The Morgan fingerprint density at radius 1 is 1.62 bits per heavy atom. The highest BCUT2D eigenvalue weighted by Gasteiger charge is 2.38. The van der Waals surface area contributed by atoms with Gasteiger partial charge in [-0.05, 0) is 6.08 Å². The Balaban J connectivity index is 2.93. The maximum absolute atomic E-state index is 12.1. The summed E-state index contributed by atoms with van der Waals surface area (Å²) in [7, 11) is 0. The molecular formula is C7H4ClF3N2. The van der Waals surface area contributed by atoms with Gasteiger partial charge >= 0.3 is 6.18 Å². The van der Waals surface area contributed by atoms with Crippen molar-refractivity contribution >= 4 is 17.3 Å². The second-order valence-electron chi connectivity index (χ2n) is 2.49. The van der Waals surface area contributed by atoms with Crippen LogP contribution in [0.4, 0.5) is 13.2 Å². The van der Waals surface area contributed by atoms with Crippen molar-refractivity contribution in [2.75, 3.05) is 0 Å². The van der Waals surface area contributed by atoms with Crippen molar-refractivity contribution < 1.29 is 13.2 Å². The summed E-state index contributed by atoms with van der Waals surface area (Å²) in [5.74, 6) is -0.832. The molecule has 0 aromatic heterocycles. The summed E-state index contributed by atoms with van der Waals surface area (Å²) in [5.41, 5.74) is -0.994. The number of allylic oxidation sites excluding steroid dienone is 1. The molecule has 0 saturated heterocycles. The maximum Gasteiger partial charge on any atom is 0.429 e. The minimum absolute atomic E-state index is 0.273. The molecule has 0 radical (unpaired) electrons. The second-order valence-corrected chi connectivity index (χ2v) is 2.87. The Morgan fingerprint density at radius 3 is 2.69 bits per heavy atom. The molecule has 0 N–H and O–H groups in total. The lowest BCUT2D eigenvalue weighted by Gasteiger charge is -2.15. The smallest absolute Gasteiger partial charge is 0.236 e. The first-order valence-electron chi connectivity index (χ1n) is 3.35. The average molecular weight is 209 g/mol. The van der Waals surface area contributed by atoms with Crippen LogP contribution >= 0.6 is 11.6 Å². The van der Waals surface area contributed by atoms with Gasteiger partial charge in [-0.1, -0.05) is 11.6 Å². The first-order valence-corrected chi connectivity index (χ1v) is 3.73. The Bertz CT molecular complexity index is 311. The molecule has 2 nitrogen and oxygen atoms in total. The van der Waals surface area contributed by atoms with Gasteiger partial charge in [-0.15, -0.1) is 0 Å². The van der Waals surface area contributed by atoms with E-state index < -0.39 is 24.2 Å². The van der Waals surface area contributed by atoms with Gasteiger partial charge < -0.3 is 0 Å². The Kier molecular flexibility index (Phi) is 2.62. The van der Waals surface area contributed by atoms with Gasteiger partial charge in [0.1, 0.15) is 10.9 Å². The SMILES string of the molecule is N#CC1C=C(Cl)N=C(C(F)(F)F)C1. The van der Waals surface area contributed by atoms with Crippen LogP contribution in [-0.4, -0.2) is 11.9 Å². The molecule has 13 heavy (non-hydrogen) atoms. The van der Waals surface area contributed by atoms with Crippen molar-refractivity contribution in [1.82, 2.24) is 0 Å². The fourth-order valence-electron chi connectivity index (χ4n) is 0.907. The van der Waals surface area contributed by atoms with Gasteiger partial charge in [-0.2, -0.15) is 18.4 Å². The van der Waals surface area contributed by atoms with E-state index in [2.05, 4.69) is 4.99 Å². The van der Waals surface area contributed by atoms with Crippen LogP contribution in [0.2, 0.25) is 0 Å². The maximum atomic E-state index is 12.1. The van der Waals surface area contributed by atoms with Crippen LogP contribution in [-0.2, 0) is 0 Å². The largest absolute Gasteiger partial charge is 0.429 e. The third kappa shape index (κ3) is 2.46. The summed E-state index contributed by atoms with van der Waals surface area (Å²) in [5, 5.41) is 8.14. The molecule has 0 aromatic carbocycles. The van der Waals surface area contributed by atoms with Gasteiger partial charge in [0.2, 0.25) is 0 Å².